The number of halogens is 3. The standard InChI is InChI=1S/C15H14F3N3O3S/c1-25(23,24)21-13-8-6-12(7-9-13)20-14(22)19-11-4-2-10(3-5-11)15(16,17)18/h2-9,21H,1H3,(H2,19,20,22). The van der Waals surface area contributed by atoms with Crippen molar-refractivity contribution in [1.29, 1.82) is 0 Å². The Balaban J connectivity index is 1.96. The van der Waals surface area contributed by atoms with Crippen molar-refractivity contribution in [3.8, 4) is 0 Å². The molecule has 0 unspecified atom stereocenters. The van der Waals surface area contributed by atoms with E-state index in [-0.39, 0.29) is 5.69 Å². The van der Waals surface area contributed by atoms with Crippen molar-refractivity contribution in [1.82, 2.24) is 0 Å². The Kier molecular flexibility index (Phi) is 5.21. The van der Waals surface area contributed by atoms with Crippen LogP contribution in [-0.4, -0.2) is 20.7 Å². The second-order valence-electron chi connectivity index (χ2n) is 5.11. The smallest absolute Gasteiger partial charge is 0.308 e. The van der Waals surface area contributed by atoms with Crippen LogP contribution in [0.25, 0.3) is 0 Å². The Hall–Kier alpha value is -2.75. The Morgan fingerprint density at radius 3 is 1.64 bits per heavy atom. The zero-order valence-corrected chi connectivity index (χ0v) is 13.7. The van der Waals surface area contributed by atoms with Crippen molar-refractivity contribution in [2.45, 2.75) is 6.18 Å². The van der Waals surface area contributed by atoms with Gasteiger partial charge < -0.3 is 10.6 Å². The van der Waals surface area contributed by atoms with Gasteiger partial charge >= 0.3 is 12.2 Å². The molecule has 0 aliphatic carbocycles. The van der Waals surface area contributed by atoms with Gasteiger partial charge in [0.2, 0.25) is 10.0 Å². The van der Waals surface area contributed by atoms with Crippen LogP contribution in [0.5, 0.6) is 0 Å². The maximum atomic E-state index is 12.5. The molecule has 6 nitrogen and oxygen atoms in total. The van der Waals surface area contributed by atoms with E-state index in [1.54, 1.807) is 0 Å². The van der Waals surface area contributed by atoms with Gasteiger partial charge in [0, 0.05) is 17.1 Å². The summed E-state index contributed by atoms with van der Waals surface area (Å²) in [6.07, 6.45) is -3.43. The number of carbonyl (C=O) groups is 1. The molecule has 2 aromatic rings. The van der Waals surface area contributed by atoms with Crippen molar-refractivity contribution in [3.05, 3.63) is 54.1 Å². The minimum Gasteiger partial charge on any atom is -0.308 e. The highest BCUT2D eigenvalue weighted by molar-refractivity contribution is 7.92. The van der Waals surface area contributed by atoms with E-state index < -0.39 is 27.8 Å². The van der Waals surface area contributed by atoms with Gasteiger partial charge in [-0.2, -0.15) is 13.2 Å². The Bertz CT molecular complexity index is 848. The molecule has 25 heavy (non-hydrogen) atoms. The average Bonchev–Trinajstić information content (AvgIpc) is 2.47. The molecule has 0 heterocycles. The van der Waals surface area contributed by atoms with Gasteiger partial charge in [-0.3, -0.25) is 4.72 Å². The number of alkyl halides is 3. The average molecular weight is 373 g/mol. The third-order valence-electron chi connectivity index (χ3n) is 2.92. The molecule has 2 aromatic carbocycles. The Morgan fingerprint density at radius 2 is 1.24 bits per heavy atom. The van der Waals surface area contributed by atoms with Crippen LogP contribution in [0.2, 0.25) is 0 Å². The zero-order valence-electron chi connectivity index (χ0n) is 12.9. The first kappa shape index (κ1) is 18.6. The molecule has 2 rings (SSSR count). The van der Waals surface area contributed by atoms with Gasteiger partial charge in [0.15, 0.2) is 0 Å². The lowest BCUT2D eigenvalue weighted by atomic mass is 10.2. The van der Waals surface area contributed by atoms with Crippen LogP contribution >= 0.6 is 0 Å². The van der Waals surface area contributed by atoms with Crippen molar-refractivity contribution < 1.29 is 26.4 Å². The predicted octanol–water partition coefficient (Wildman–Crippen LogP) is 3.72. The molecule has 10 heteroatoms. The highest BCUT2D eigenvalue weighted by Crippen LogP contribution is 2.29. The number of benzene rings is 2. The van der Waals surface area contributed by atoms with Crippen LogP contribution < -0.4 is 15.4 Å². The predicted molar refractivity (Wildman–Crippen MR) is 89.0 cm³/mol. The summed E-state index contributed by atoms with van der Waals surface area (Å²) in [5, 5.41) is 4.87. The third kappa shape index (κ3) is 5.99. The van der Waals surface area contributed by atoms with Crippen molar-refractivity contribution in [3.63, 3.8) is 0 Å². The van der Waals surface area contributed by atoms with E-state index in [4.69, 9.17) is 0 Å². The van der Waals surface area contributed by atoms with E-state index in [1.807, 2.05) is 0 Å². The summed E-state index contributed by atoms with van der Waals surface area (Å²) in [6, 6.07) is 9.21. The number of hydrogen-bond donors (Lipinski definition) is 3. The van der Waals surface area contributed by atoms with E-state index in [0.29, 0.717) is 11.4 Å². The van der Waals surface area contributed by atoms with Crippen LogP contribution in [0.3, 0.4) is 0 Å². The molecule has 0 saturated carbocycles. The van der Waals surface area contributed by atoms with Gasteiger partial charge in [-0.05, 0) is 48.5 Å². The normalized spacial score (nSPS) is 11.7. The van der Waals surface area contributed by atoms with Crippen LogP contribution in [0.1, 0.15) is 5.56 Å². The van der Waals surface area contributed by atoms with E-state index in [2.05, 4.69) is 15.4 Å². The van der Waals surface area contributed by atoms with Crippen molar-refractivity contribution >= 4 is 33.1 Å². The first-order valence-electron chi connectivity index (χ1n) is 6.86. The Morgan fingerprint density at radius 1 is 0.840 bits per heavy atom. The van der Waals surface area contributed by atoms with Crippen LogP contribution in [0.4, 0.5) is 35.0 Å². The molecule has 0 saturated heterocycles. The zero-order chi connectivity index (χ0) is 18.7. The van der Waals surface area contributed by atoms with Gasteiger partial charge in [-0.25, -0.2) is 13.2 Å². The van der Waals surface area contributed by atoms with Crippen molar-refractivity contribution in [2.24, 2.45) is 0 Å². The van der Waals surface area contributed by atoms with E-state index in [0.717, 1.165) is 30.5 Å². The molecule has 2 amide bonds. The summed E-state index contributed by atoms with van der Waals surface area (Å²) < 4.78 is 61.8. The first-order valence-corrected chi connectivity index (χ1v) is 8.75. The number of amides is 2. The number of hydrogen-bond acceptors (Lipinski definition) is 3. The third-order valence-corrected chi connectivity index (χ3v) is 3.52. The van der Waals surface area contributed by atoms with Crippen LogP contribution in [0, 0.1) is 0 Å². The van der Waals surface area contributed by atoms with Gasteiger partial charge in [0.25, 0.3) is 0 Å². The minimum absolute atomic E-state index is 0.195. The van der Waals surface area contributed by atoms with Crippen molar-refractivity contribution in [2.75, 3.05) is 21.6 Å². The minimum atomic E-state index is -4.44. The molecule has 0 bridgehead atoms. The maximum Gasteiger partial charge on any atom is 0.416 e. The monoisotopic (exact) mass is 373 g/mol. The fourth-order valence-electron chi connectivity index (χ4n) is 1.87. The molecule has 0 atom stereocenters. The fourth-order valence-corrected chi connectivity index (χ4v) is 2.44. The topological polar surface area (TPSA) is 87.3 Å². The van der Waals surface area contributed by atoms with E-state index in [1.165, 1.54) is 24.3 Å². The first-order chi connectivity index (χ1) is 11.5. The highest BCUT2D eigenvalue weighted by atomic mass is 32.2. The van der Waals surface area contributed by atoms with E-state index >= 15 is 0 Å². The lowest BCUT2D eigenvalue weighted by Crippen LogP contribution is -2.19. The van der Waals surface area contributed by atoms with Crippen LogP contribution in [0.15, 0.2) is 48.5 Å². The number of nitrogens with one attached hydrogen (secondary N) is 3. The molecule has 0 spiro atoms. The summed E-state index contributed by atoms with van der Waals surface area (Å²) in [5.41, 5.74) is 0.0907. The number of sulfonamides is 1. The molecular formula is C15H14F3N3O3S. The van der Waals surface area contributed by atoms with Gasteiger partial charge in [-0.15, -0.1) is 0 Å². The summed E-state index contributed by atoms with van der Waals surface area (Å²) in [6.45, 7) is 0. The summed E-state index contributed by atoms with van der Waals surface area (Å²) in [7, 11) is -3.40. The van der Waals surface area contributed by atoms with Gasteiger partial charge in [0.05, 0.1) is 11.8 Å². The number of anilines is 3. The molecule has 0 fully saturated rings. The highest BCUT2D eigenvalue weighted by Gasteiger charge is 2.29. The lowest BCUT2D eigenvalue weighted by molar-refractivity contribution is -0.137. The molecule has 0 radical (unpaired) electrons. The summed E-state index contributed by atoms with van der Waals surface area (Å²) >= 11 is 0. The second kappa shape index (κ2) is 7.01. The molecule has 0 aromatic heterocycles. The van der Waals surface area contributed by atoms with Gasteiger partial charge in [-0.1, -0.05) is 0 Å². The fraction of sp³-hybridized carbons (Fsp3) is 0.133. The maximum absolute atomic E-state index is 12.5. The number of rotatable bonds is 4. The molecule has 0 aliphatic rings. The summed E-state index contributed by atoms with van der Waals surface area (Å²) in [5.74, 6) is 0. The molecule has 0 aliphatic heterocycles. The SMILES string of the molecule is CS(=O)(=O)Nc1ccc(NC(=O)Nc2ccc(C(F)(F)F)cc2)cc1. The molecular weight excluding hydrogens is 359 g/mol. The number of urea groups is 1. The summed E-state index contributed by atoms with van der Waals surface area (Å²) in [4.78, 5) is 11.8. The molecule has 134 valence electrons. The van der Waals surface area contributed by atoms with Gasteiger partial charge in [0.1, 0.15) is 0 Å². The Labute approximate surface area is 142 Å². The van der Waals surface area contributed by atoms with E-state index in [9.17, 15) is 26.4 Å². The second-order valence-corrected chi connectivity index (χ2v) is 6.85. The molecule has 3 N–H and O–H groups in total. The number of carbonyl (C=O) groups excluding carboxylic acids is 1. The quantitative estimate of drug-likeness (QED) is 0.763. The lowest BCUT2D eigenvalue weighted by Gasteiger charge is -2.10. The largest absolute Gasteiger partial charge is 0.416 e. The van der Waals surface area contributed by atoms with Crippen LogP contribution in [-0.2, 0) is 16.2 Å².